The fourth-order valence-electron chi connectivity index (χ4n) is 3.19. The Morgan fingerprint density at radius 1 is 1.30 bits per heavy atom. The molecule has 0 radical (unpaired) electrons. The fraction of sp³-hybridized carbons (Fsp3) is 0.588. The normalized spacial score (nSPS) is 18.1. The first-order valence-electron chi connectivity index (χ1n) is 8.22. The van der Waals surface area contributed by atoms with Gasteiger partial charge in [0.15, 0.2) is 11.5 Å². The third-order valence-corrected chi connectivity index (χ3v) is 5.14. The third-order valence-electron chi connectivity index (χ3n) is 4.55. The predicted molar refractivity (Wildman–Crippen MR) is 92.3 cm³/mol. The van der Waals surface area contributed by atoms with Crippen LogP contribution in [0.4, 0.5) is 0 Å². The van der Waals surface area contributed by atoms with Crippen LogP contribution in [0.1, 0.15) is 29.6 Å². The highest BCUT2D eigenvalue weighted by molar-refractivity contribution is 9.10. The van der Waals surface area contributed by atoms with Crippen LogP contribution in [-0.4, -0.2) is 50.7 Å². The molecule has 2 aliphatic heterocycles. The van der Waals surface area contributed by atoms with Crippen LogP contribution in [0.2, 0.25) is 0 Å². The number of amides is 1. The molecule has 1 amide bonds. The van der Waals surface area contributed by atoms with E-state index in [9.17, 15) is 4.79 Å². The van der Waals surface area contributed by atoms with Crippen molar-refractivity contribution in [1.29, 1.82) is 0 Å². The van der Waals surface area contributed by atoms with E-state index in [1.807, 2.05) is 18.0 Å². The van der Waals surface area contributed by atoms with E-state index in [0.29, 0.717) is 30.3 Å². The van der Waals surface area contributed by atoms with Gasteiger partial charge in [-0.3, -0.25) is 4.79 Å². The summed E-state index contributed by atoms with van der Waals surface area (Å²) in [6.07, 6.45) is 3.35. The summed E-state index contributed by atoms with van der Waals surface area (Å²) in [6, 6.07) is 3.64. The lowest BCUT2D eigenvalue weighted by Crippen LogP contribution is -2.39. The van der Waals surface area contributed by atoms with Gasteiger partial charge in [0.1, 0.15) is 13.2 Å². The van der Waals surface area contributed by atoms with Crippen LogP contribution < -0.4 is 14.8 Å². The average Bonchev–Trinajstić information content (AvgIpc) is 2.60. The van der Waals surface area contributed by atoms with E-state index in [1.165, 1.54) is 6.42 Å². The Kier molecular flexibility index (Phi) is 5.43. The molecule has 2 heterocycles. The number of benzene rings is 1. The number of hydrogen-bond donors (Lipinski definition) is 1. The van der Waals surface area contributed by atoms with E-state index < -0.39 is 0 Å². The van der Waals surface area contributed by atoms with Crippen molar-refractivity contribution in [1.82, 2.24) is 10.2 Å². The molecule has 0 aromatic heterocycles. The average molecular weight is 383 g/mol. The number of rotatable bonds is 4. The number of nitrogens with zero attached hydrogens (tertiary/aromatic N) is 1. The molecule has 3 rings (SSSR count). The van der Waals surface area contributed by atoms with Gasteiger partial charge in [0, 0.05) is 18.7 Å². The number of carbonyl (C=O) groups excluding carboxylic acids is 1. The number of halogens is 1. The summed E-state index contributed by atoms with van der Waals surface area (Å²) in [7, 11) is 1.98. The summed E-state index contributed by atoms with van der Waals surface area (Å²) in [5.74, 6) is 2.14. The summed E-state index contributed by atoms with van der Waals surface area (Å²) in [5, 5.41) is 3.20. The second-order valence-electron chi connectivity index (χ2n) is 6.11. The van der Waals surface area contributed by atoms with Crippen LogP contribution in [0, 0.1) is 5.92 Å². The minimum absolute atomic E-state index is 0.0785. The van der Waals surface area contributed by atoms with E-state index in [0.717, 1.165) is 42.9 Å². The standard InChI is InChI=1S/C17H23BrN2O3/c1-19-5-2-12-3-6-20(7-4-12)17(21)13-10-14(18)16-15(11-13)22-8-9-23-16/h10-12,19H,2-9H2,1H3. The van der Waals surface area contributed by atoms with Crippen molar-refractivity contribution < 1.29 is 14.3 Å². The van der Waals surface area contributed by atoms with Gasteiger partial charge in [0.2, 0.25) is 0 Å². The highest BCUT2D eigenvalue weighted by Crippen LogP contribution is 2.39. The van der Waals surface area contributed by atoms with Crippen molar-refractivity contribution in [3.8, 4) is 11.5 Å². The van der Waals surface area contributed by atoms with Crippen LogP contribution in [0.25, 0.3) is 0 Å². The van der Waals surface area contributed by atoms with Crippen LogP contribution in [-0.2, 0) is 0 Å². The molecule has 1 fully saturated rings. The van der Waals surface area contributed by atoms with Gasteiger partial charge < -0.3 is 19.7 Å². The zero-order valence-electron chi connectivity index (χ0n) is 13.4. The summed E-state index contributed by atoms with van der Waals surface area (Å²) in [4.78, 5) is 14.7. The Morgan fingerprint density at radius 2 is 2.04 bits per heavy atom. The Balaban J connectivity index is 1.66. The summed E-state index contributed by atoms with van der Waals surface area (Å²) >= 11 is 3.48. The number of fused-ring (bicyclic) bond motifs is 1. The molecule has 1 N–H and O–H groups in total. The maximum Gasteiger partial charge on any atom is 0.254 e. The quantitative estimate of drug-likeness (QED) is 0.869. The number of carbonyl (C=O) groups is 1. The zero-order chi connectivity index (χ0) is 16.2. The topological polar surface area (TPSA) is 50.8 Å². The second kappa shape index (κ2) is 7.53. The van der Waals surface area contributed by atoms with Gasteiger partial charge in [-0.05, 0) is 66.8 Å². The Morgan fingerprint density at radius 3 is 2.78 bits per heavy atom. The summed E-state index contributed by atoms with van der Waals surface area (Å²) in [5.41, 5.74) is 0.662. The molecule has 2 aliphatic rings. The first-order chi connectivity index (χ1) is 11.2. The first kappa shape index (κ1) is 16.6. The monoisotopic (exact) mass is 382 g/mol. The van der Waals surface area contributed by atoms with Gasteiger partial charge >= 0.3 is 0 Å². The maximum atomic E-state index is 12.8. The highest BCUT2D eigenvalue weighted by atomic mass is 79.9. The molecule has 1 aromatic carbocycles. The summed E-state index contributed by atoms with van der Waals surface area (Å²) < 4.78 is 12.0. The van der Waals surface area contributed by atoms with Gasteiger partial charge in [-0.1, -0.05) is 0 Å². The lowest BCUT2D eigenvalue weighted by atomic mass is 9.93. The van der Waals surface area contributed by atoms with E-state index in [1.54, 1.807) is 6.07 Å². The lowest BCUT2D eigenvalue weighted by Gasteiger charge is -2.32. The molecule has 0 atom stereocenters. The highest BCUT2D eigenvalue weighted by Gasteiger charge is 2.25. The largest absolute Gasteiger partial charge is 0.486 e. The van der Waals surface area contributed by atoms with Gasteiger partial charge in [0.05, 0.1) is 4.47 Å². The predicted octanol–water partition coefficient (Wildman–Crippen LogP) is 2.68. The molecule has 0 saturated carbocycles. The van der Waals surface area contributed by atoms with E-state index in [2.05, 4.69) is 21.2 Å². The van der Waals surface area contributed by atoms with E-state index in [4.69, 9.17) is 9.47 Å². The third kappa shape index (κ3) is 3.80. The molecule has 6 heteroatoms. The molecule has 126 valence electrons. The van der Waals surface area contributed by atoms with Crippen molar-refractivity contribution in [3.05, 3.63) is 22.2 Å². The number of piperidine rings is 1. The van der Waals surface area contributed by atoms with Gasteiger partial charge in [-0.15, -0.1) is 0 Å². The molecule has 1 aromatic rings. The number of likely N-dealkylation sites (tertiary alicyclic amines) is 1. The van der Waals surface area contributed by atoms with Crippen molar-refractivity contribution in [3.63, 3.8) is 0 Å². The molecule has 0 unspecified atom stereocenters. The Labute approximate surface area is 145 Å². The van der Waals surface area contributed by atoms with Crippen LogP contribution in [0.3, 0.4) is 0 Å². The molecule has 0 bridgehead atoms. The van der Waals surface area contributed by atoms with E-state index >= 15 is 0 Å². The van der Waals surface area contributed by atoms with Gasteiger partial charge in [0.25, 0.3) is 5.91 Å². The van der Waals surface area contributed by atoms with Crippen molar-refractivity contribution in [2.45, 2.75) is 19.3 Å². The molecule has 0 spiro atoms. The minimum atomic E-state index is 0.0785. The Bertz CT molecular complexity index is 571. The first-order valence-corrected chi connectivity index (χ1v) is 9.01. The zero-order valence-corrected chi connectivity index (χ0v) is 15.0. The molecule has 5 nitrogen and oxygen atoms in total. The molecular weight excluding hydrogens is 360 g/mol. The molecule has 23 heavy (non-hydrogen) atoms. The van der Waals surface area contributed by atoms with Crippen molar-refractivity contribution >= 4 is 21.8 Å². The fourth-order valence-corrected chi connectivity index (χ4v) is 3.75. The van der Waals surface area contributed by atoms with Gasteiger partial charge in [-0.25, -0.2) is 0 Å². The lowest BCUT2D eigenvalue weighted by molar-refractivity contribution is 0.0686. The summed E-state index contributed by atoms with van der Waals surface area (Å²) in [6.45, 7) is 3.78. The number of nitrogens with one attached hydrogen (secondary N) is 1. The Hall–Kier alpha value is -1.27. The van der Waals surface area contributed by atoms with Gasteiger partial charge in [-0.2, -0.15) is 0 Å². The molecule has 0 aliphatic carbocycles. The number of hydrogen-bond acceptors (Lipinski definition) is 4. The maximum absolute atomic E-state index is 12.8. The second-order valence-corrected chi connectivity index (χ2v) is 6.96. The SMILES string of the molecule is CNCCC1CCN(C(=O)c2cc(Br)c3c(c2)OCCO3)CC1. The van der Waals surface area contributed by atoms with Crippen LogP contribution in [0.5, 0.6) is 11.5 Å². The van der Waals surface area contributed by atoms with Crippen LogP contribution >= 0.6 is 15.9 Å². The minimum Gasteiger partial charge on any atom is -0.486 e. The molecular formula is C17H23BrN2O3. The van der Waals surface area contributed by atoms with Crippen molar-refractivity contribution in [2.24, 2.45) is 5.92 Å². The van der Waals surface area contributed by atoms with E-state index in [-0.39, 0.29) is 5.91 Å². The number of ether oxygens (including phenoxy) is 2. The van der Waals surface area contributed by atoms with Crippen LogP contribution in [0.15, 0.2) is 16.6 Å². The molecule has 1 saturated heterocycles. The van der Waals surface area contributed by atoms with Crippen molar-refractivity contribution in [2.75, 3.05) is 39.9 Å². The smallest absolute Gasteiger partial charge is 0.254 e.